The molecule has 8 heteroatoms. The fraction of sp³-hybridized carbons (Fsp3) is 0.667. The van der Waals surface area contributed by atoms with Gasteiger partial charge < -0.3 is 10.0 Å². The smallest absolute Gasteiger partial charge is 0.246 e. The minimum atomic E-state index is -0.901. The van der Waals surface area contributed by atoms with Gasteiger partial charge in [0.25, 0.3) is 0 Å². The van der Waals surface area contributed by atoms with Crippen LogP contribution in [0.3, 0.4) is 0 Å². The van der Waals surface area contributed by atoms with Crippen LogP contribution in [0, 0.1) is 5.92 Å². The summed E-state index contributed by atoms with van der Waals surface area (Å²) in [5.74, 6) is 3.70. The van der Waals surface area contributed by atoms with Gasteiger partial charge >= 0.3 is 0 Å². The van der Waals surface area contributed by atoms with E-state index in [4.69, 9.17) is 5.84 Å². The van der Waals surface area contributed by atoms with Gasteiger partial charge in [0, 0.05) is 12.2 Å². The summed E-state index contributed by atoms with van der Waals surface area (Å²) in [6.07, 6.45) is 5.33. The van der Waals surface area contributed by atoms with E-state index in [9.17, 15) is 14.7 Å². The number of nitrogens with one attached hydrogen (secondary N) is 1. The third kappa shape index (κ3) is 3.89. The van der Waals surface area contributed by atoms with Gasteiger partial charge in [-0.15, -0.1) is 0 Å². The highest BCUT2D eigenvalue weighted by Gasteiger charge is 2.39. The van der Waals surface area contributed by atoms with Crippen molar-refractivity contribution in [3.8, 4) is 0 Å². The van der Waals surface area contributed by atoms with Crippen LogP contribution in [0.5, 0.6) is 0 Å². The van der Waals surface area contributed by atoms with Crippen molar-refractivity contribution in [1.29, 1.82) is 0 Å². The van der Waals surface area contributed by atoms with Gasteiger partial charge in [-0.3, -0.25) is 19.7 Å². The van der Waals surface area contributed by atoms with Gasteiger partial charge in [0.15, 0.2) is 0 Å². The molecule has 8 nitrogen and oxygen atoms in total. The van der Waals surface area contributed by atoms with E-state index < -0.39 is 17.4 Å². The Bertz CT molecular complexity index is 578. The van der Waals surface area contributed by atoms with Crippen molar-refractivity contribution in [3.05, 3.63) is 12.4 Å². The summed E-state index contributed by atoms with van der Waals surface area (Å²) < 4.78 is 1.60. The lowest BCUT2D eigenvalue weighted by atomic mass is 9.90. The molecule has 2 amide bonds. The maximum atomic E-state index is 12.7. The van der Waals surface area contributed by atoms with Crippen LogP contribution in [-0.4, -0.2) is 38.3 Å². The lowest BCUT2D eigenvalue weighted by Gasteiger charge is -2.37. The molecule has 128 valence electrons. The minimum Gasteiger partial charge on any atom is -0.389 e. The van der Waals surface area contributed by atoms with E-state index in [2.05, 4.69) is 10.5 Å². The van der Waals surface area contributed by atoms with Crippen LogP contribution in [0.15, 0.2) is 12.4 Å². The summed E-state index contributed by atoms with van der Waals surface area (Å²) in [7, 11) is 0. The lowest BCUT2D eigenvalue weighted by Crippen LogP contribution is -2.53. The first-order valence-corrected chi connectivity index (χ1v) is 7.85. The van der Waals surface area contributed by atoms with Crippen LogP contribution in [0.1, 0.15) is 40.0 Å². The number of carbonyl (C=O) groups excluding carboxylic acids is 2. The molecule has 2 heterocycles. The number of rotatable bonds is 5. The maximum absolute atomic E-state index is 12.7. The number of carbonyl (C=O) groups is 2. The standard InChI is InChI=1S/C15H25N5O3/c1-4-10-5-6-12(13(21)18-16)14(22)20(10)11-7-17-19(8-11)9-15(2,3)23/h7-8,10,12,23H,4-6,9,16H2,1-3H3,(H,18,21). The number of nitrogens with two attached hydrogens (primary N) is 1. The van der Waals surface area contributed by atoms with E-state index >= 15 is 0 Å². The molecule has 1 aromatic rings. The Morgan fingerprint density at radius 1 is 1.52 bits per heavy atom. The Hall–Kier alpha value is -1.93. The van der Waals surface area contributed by atoms with E-state index in [0.717, 1.165) is 12.8 Å². The SMILES string of the molecule is CCC1CCC(C(=O)NN)C(=O)N1c1cnn(CC(C)(C)O)c1. The fourth-order valence-corrected chi connectivity index (χ4v) is 2.99. The second-order valence-electron chi connectivity index (χ2n) is 6.62. The first-order chi connectivity index (χ1) is 10.8. The molecule has 2 atom stereocenters. The number of aromatic nitrogens is 2. The molecule has 1 aromatic heterocycles. The van der Waals surface area contributed by atoms with Gasteiger partial charge in [-0.2, -0.15) is 5.10 Å². The molecule has 4 N–H and O–H groups in total. The van der Waals surface area contributed by atoms with Gasteiger partial charge in [-0.25, -0.2) is 5.84 Å². The number of hydrazine groups is 1. The molecule has 0 saturated carbocycles. The van der Waals surface area contributed by atoms with Crippen molar-refractivity contribution in [1.82, 2.24) is 15.2 Å². The molecule has 0 bridgehead atoms. The third-order valence-corrected chi connectivity index (χ3v) is 4.07. The third-order valence-electron chi connectivity index (χ3n) is 4.07. The van der Waals surface area contributed by atoms with Crippen LogP contribution in [0.4, 0.5) is 5.69 Å². The number of piperidine rings is 1. The highest BCUT2D eigenvalue weighted by atomic mass is 16.3. The second-order valence-corrected chi connectivity index (χ2v) is 6.62. The molecule has 2 rings (SSSR count). The summed E-state index contributed by atoms with van der Waals surface area (Å²) in [6, 6.07) is 0.0316. The zero-order chi connectivity index (χ0) is 17.2. The molecule has 1 aliphatic heterocycles. The molecule has 1 saturated heterocycles. The first kappa shape index (κ1) is 17.4. The van der Waals surface area contributed by atoms with Gasteiger partial charge in [-0.05, 0) is 33.1 Å². The Kier molecular flexibility index (Phi) is 5.06. The van der Waals surface area contributed by atoms with Crippen molar-refractivity contribution in [2.75, 3.05) is 4.90 Å². The van der Waals surface area contributed by atoms with Crippen LogP contribution in [0.2, 0.25) is 0 Å². The van der Waals surface area contributed by atoms with Gasteiger partial charge in [0.05, 0.1) is 24.0 Å². The normalized spacial score (nSPS) is 22.3. The molecule has 0 spiro atoms. The molecule has 0 radical (unpaired) electrons. The van der Waals surface area contributed by atoms with Crippen molar-refractivity contribution < 1.29 is 14.7 Å². The Balaban J connectivity index is 2.26. The molecule has 0 aromatic carbocycles. The highest BCUT2D eigenvalue weighted by molar-refractivity contribution is 6.08. The number of nitrogens with zero attached hydrogens (tertiary/aromatic N) is 3. The highest BCUT2D eigenvalue weighted by Crippen LogP contribution is 2.30. The number of aliphatic hydroxyl groups is 1. The minimum absolute atomic E-state index is 0.0316. The summed E-state index contributed by atoms with van der Waals surface area (Å²) >= 11 is 0. The van der Waals surface area contributed by atoms with Crippen LogP contribution < -0.4 is 16.2 Å². The lowest BCUT2D eigenvalue weighted by molar-refractivity contribution is -0.135. The van der Waals surface area contributed by atoms with Gasteiger partial charge in [0.1, 0.15) is 5.92 Å². The zero-order valence-corrected chi connectivity index (χ0v) is 13.8. The van der Waals surface area contributed by atoms with E-state index in [-0.39, 0.29) is 11.9 Å². The molecule has 23 heavy (non-hydrogen) atoms. The van der Waals surface area contributed by atoms with Crippen molar-refractivity contribution >= 4 is 17.5 Å². The predicted molar refractivity (Wildman–Crippen MR) is 85.1 cm³/mol. The Labute approximate surface area is 135 Å². The van der Waals surface area contributed by atoms with Gasteiger partial charge in [-0.1, -0.05) is 6.92 Å². The second kappa shape index (κ2) is 6.67. The van der Waals surface area contributed by atoms with Crippen molar-refractivity contribution in [2.24, 2.45) is 11.8 Å². The number of hydrogen-bond donors (Lipinski definition) is 3. The Morgan fingerprint density at radius 3 is 2.78 bits per heavy atom. The zero-order valence-electron chi connectivity index (χ0n) is 13.8. The summed E-state index contributed by atoms with van der Waals surface area (Å²) in [5, 5.41) is 14.1. The van der Waals surface area contributed by atoms with Crippen molar-refractivity contribution in [3.63, 3.8) is 0 Å². The van der Waals surface area contributed by atoms with Crippen LogP contribution >= 0.6 is 0 Å². The number of hydrogen-bond acceptors (Lipinski definition) is 5. The van der Waals surface area contributed by atoms with E-state index in [1.165, 1.54) is 0 Å². The topological polar surface area (TPSA) is 113 Å². The molecule has 2 unspecified atom stereocenters. The summed E-state index contributed by atoms with van der Waals surface area (Å²) in [5.41, 5.74) is 1.80. The molecular formula is C15H25N5O3. The largest absolute Gasteiger partial charge is 0.389 e. The predicted octanol–water partition coefficient (Wildman–Crippen LogP) is 0.166. The van der Waals surface area contributed by atoms with Gasteiger partial charge in [0.2, 0.25) is 11.8 Å². The van der Waals surface area contributed by atoms with Crippen molar-refractivity contribution in [2.45, 2.75) is 58.2 Å². The quantitative estimate of drug-likeness (QED) is 0.309. The monoisotopic (exact) mass is 323 g/mol. The van der Waals surface area contributed by atoms with E-state index in [1.807, 2.05) is 6.92 Å². The number of anilines is 1. The maximum Gasteiger partial charge on any atom is 0.246 e. The molecule has 0 aliphatic carbocycles. The Morgan fingerprint density at radius 2 is 2.22 bits per heavy atom. The average Bonchev–Trinajstić information content (AvgIpc) is 2.91. The number of amides is 2. The summed E-state index contributed by atoms with van der Waals surface area (Å²) in [6.45, 7) is 5.71. The van der Waals surface area contributed by atoms with E-state index in [0.29, 0.717) is 18.7 Å². The summed E-state index contributed by atoms with van der Waals surface area (Å²) in [4.78, 5) is 26.2. The molecule has 1 aliphatic rings. The molecular weight excluding hydrogens is 298 g/mol. The van der Waals surface area contributed by atoms with Crippen LogP contribution in [-0.2, 0) is 16.1 Å². The van der Waals surface area contributed by atoms with E-state index in [1.54, 1.807) is 35.8 Å². The fourth-order valence-electron chi connectivity index (χ4n) is 2.99. The molecule has 1 fully saturated rings. The first-order valence-electron chi connectivity index (χ1n) is 7.85. The average molecular weight is 323 g/mol. The van der Waals surface area contributed by atoms with Crippen LogP contribution in [0.25, 0.3) is 0 Å².